The molecule has 1 heterocycles. The van der Waals surface area contributed by atoms with E-state index in [2.05, 4.69) is 15.9 Å². The Labute approximate surface area is 100.0 Å². The number of benzene rings is 1. The zero-order chi connectivity index (χ0) is 10.8. The summed E-state index contributed by atoms with van der Waals surface area (Å²) in [6.07, 6.45) is 0.729. The number of carbonyl (C=O) groups is 1. The first-order chi connectivity index (χ1) is 7.20. The Morgan fingerprint density at radius 3 is 2.53 bits per heavy atom. The molecule has 0 unspecified atom stereocenters. The second-order valence-electron chi connectivity index (χ2n) is 2.96. The van der Waals surface area contributed by atoms with Gasteiger partial charge in [-0.05, 0) is 23.7 Å². The van der Waals surface area contributed by atoms with Crippen LogP contribution in [0, 0.1) is 0 Å². The van der Waals surface area contributed by atoms with Crippen LogP contribution in [0.15, 0.2) is 39.2 Å². The fourth-order valence-corrected chi connectivity index (χ4v) is 1.75. The van der Waals surface area contributed by atoms with Gasteiger partial charge in [0.25, 0.3) is 0 Å². The molecular weight excluding hydrogens is 279 g/mol. The van der Waals surface area contributed by atoms with Gasteiger partial charge >= 0.3 is 0 Å². The Bertz CT molecular complexity index is 488. The van der Waals surface area contributed by atoms with Crippen molar-refractivity contribution in [1.82, 2.24) is 0 Å². The molecule has 0 fully saturated rings. The van der Waals surface area contributed by atoms with Crippen LogP contribution in [-0.2, 0) is 0 Å². The van der Waals surface area contributed by atoms with Crippen molar-refractivity contribution in [2.24, 2.45) is 0 Å². The predicted octanol–water partition coefficient (Wildman–Crippen LogP) is 4.18. The first kappa shape index (κ1) is 10.5. The van der Waals surface area contributed by atoms with Gasteiger partial charge in [-0.1, -0.05) is 28.1 Å². The summed E-state index contributed by atoms with van der Waals surface area (Å²) >= 11 is 9.02. The average Bonchev–Trinajstić information content (AvgIpc) is 2.61. The van der Waals surface area contributed by atoms with E-state index in [0.29, 0.717) is 11.3 Å². The summed E-state index contributed by atoms with van der Waals surface area (Å²) in [6, 6.07) is 8.96. The van der Waals surface area contributed by atoms with Crippen molar-refractivity contribution in [3.63, 3.8) is 0 Å². The molecule has 2 nitrogen and oxygen atoms in total. The zero-order valence-corrected chi connectivity index (χ0v) is 9.88. The lowest BCUT2D eigenvalue weighted by molar-refractivity contribution is 0.112. The van der Waals surface area contributed by atoms with Gasteiger partial charge in [-0.15, -0.1) is 0 Å². The number of halogens is 2. The van der Waals surface area contributed by atoms with Crippen molar-refractivity contribution >= 4 is 33.8 Å². The van der Waals surface area contributed by atoms with Crippen LogP contribution in [-0.4, -0.2) is 6.29 Å². The summed E-state index contributed by atoms with van der Waals surface area (Å²) in [4.78, 5) is 10.8. The second kappa shape index (κ2) is 4.21. The maximum absolute atomic E-state index is 10.8. The Kier molecular flexibility index (Phi) is 2.93. The quantitative estimate of drug-likeness (QED) is 0.775. The fourth-order valence-electron chi connectivity index (χ4n) is 1.29. The van der Waals surface area contributed by atoms with Crippen molar-refractivity contribution in [2.45, 2.75) is 0 Å². The van der Waals surface area contributed by atoms with Gasteiger partial charge in [0.1, 0.15) is 5.76 Å². The van der Waals surface area contributed by atoms with Crippen LogP contribution in [0.1, 0.15) is 10.4 Å². The minimum Gasteiger partial charge on any atom is -0.444 e. The van der Waals surface area contributed by atoms with Gasteiger partial charge < -0.3 is 4.42 Å². The van der Waals surface area contributed by atoms with E-state index >= 15 is 0 Å². The van der Waals surface area contributed by atoms with Gasteiger partial charge in [-0.3, -0.25) is 4.79 Å². The van der Waals surface area contributed by atoms with E-state index in [1.54, 1.807) is 0 Å². The lowest BCUT2D eigenvalue weighted by Gasteiger charge is -1.97. The summed E-state index contributed by atoms with van der Waals surface area (Å²) in [5.74, 6) is 0.502. The van der Waals surface area contributed by atoms with Crippen molar-refractivity contribution in [1.29, 1.82) is 0 Å². The van der Waals surface area contributed by atoms with Gasteiger partial charge in [0.05, 0.1) is 5.56 Å². The molecule has 0 saturated heterocycles. The maximum Gasteiger partial charge on any atom is 0.194 e. The molecule has 76 valence electrons. The molecular formula is C11H6BrClO2. The molecule has 0 atom stereocenters. The van der Waals surface area contributed by atoms with Crippen LogP contribution in [0.3, 0.4) is 0 Å². The molecule has 1 aromatic heterocycles. The van der Waals surface area contributed by atoms with Crippen molar-refractivity contribution in [2.75, 3.05) is 0 Å². The number of hydrogen-bond donors (Lipinski definition) is 0. The number of furan rings is 1. The predicted molar refractivity (Wildman–Crippen MR) is 62.2 cm³/mol. The molecule has 2 rings (SSSR count). The Balaban J connectivity index is 2.52. The highest BCUT2D eigenvalue weighted by Gasteiger charge is 2.11. The zero-order valence-electron chi connectivity index (χ0n) is 7.54. The third kappa shape index (κ3) is 2.13. The van der Waals surface area contributed by atoms with Crippen molar-refractivity contribution in [3.8, 4) is 11.3 Å². The molecule has 0 saturated carbocycles. The number of carbonyl (C=O) groups excluding carboxylic acids is 1. The average molecular weight is 286 g/mol. The highest BCUT2D eigenvalue weighted by Crippen LogP contribution is 2.29. The molecule has 1 aromatic carbocycles. The number of hydrogen-bond acceptors (Lipinski definition) is 2. The Hall–Kier alpha value is -1.06. The second-order valence-corrected chi connectivity index (χ2v) is 4.25. The molecule has 0 aliphatic heterocycles. The first-order valence-corrected chi connectivity index (χ1v) is 5.38. The highest BCUT2D eigenvalue weighted by atomic mass is 79.9. The van der Waals surface area contributed by atoms with E-state index in [4.69, 9.17) is 16.0 Å². The van der Waals surface area contributed by atoms with Crippen molar-refractivity contribution < 1.29 is 9.21 Å². The lowest BCUT2D eigenvalue weighted by Crippen LogP contribution is -1.80. The van der Waals surface area contributed by atoms with E-state index in [9.17, 15) is 4.79 Å². The van der Waals surface area contributed by atoms with Gasteiger partial charge in [-0.2, -0.15) is 0 Å². The summed E-state index contributed by atoms with van der Waals surface area (Å²) < 4.78 is 6.22. The maximum atomic E-state index is 10.8. The number of rotatable bonds is 2. The van der Waals surface area contributed by atoms with Crippen LogP contribution >= 0.6 is 27.5 Å². The normalized spacial score (nSPS) is 10.3. The van der Waals surface area contributed by atoms with E-state index in [0.717, 1.165) is 16.3 Å². The summed E-state index contributed by atoms with van der Waals surface area (Å²) in [7, 11) is 0. The molecule has 2 aromatic rings. The van der Waals surface area contributed by atoms with Crippen LogP contribution in [0.25, 0.3) is 11.3 Å². The summed E-state index contributed by atoms with van der Waals surface area (Å²) in [6.45, 7) is 0. The van der Waals surface area contributed by atoms with Gasteiger partial charge in [-0.25, -0.2) is 0 Å². The van der Waals surface area contributed by atoms with Gasteiger partial charge in [0, 0.05) is 16.1 Å². The minimum atomic E-state index is 0.218. The third-order valence-electron chi connectivity index (χ3n) is 1.96. The summed E-state index contributed by atoms with van der Waals surface area (Å²) in [5, 5.41) is 0.218. The molecule has 0 radical (unpaired) electrons. The molecule has 0 amide bonds. The van der Waals surface area contributed by atoms with Crippen LogP contribution in [0.4, 0.5) is 0 Å². The minimum absolute atomic E-state index is 0.218. The van der Waals surface area contributed by atoms with Gasteiger partial charge in [0.15, 0.2) is 11.5 Å². The van der Waals surface area contributed by atoms with Crippen molar-refractivity contribution in [3.05, 3.63) is 45.6 Å². The molecule has 0 aliphatic carbocycles. The SMILES string of the molecule is O=Cc1cc(Cl)oc1-c1ccc(Br)cc1. The van der Waals surface area contributed by atoms with E-state index < -0.39 is 0 Å². The largest absolute Gasteiger partial charge is 0.444 e. The molecule has 4 heteroatoms. The monoisotopic (exact) mass is 284 g/mol. The van der Waals surface area contributed by atoms with Crippen LogP contribution in [0.5, 0.6) is 0 Å². The van der Waals surface area contributed by atoms with Crippen LogP contribution < -0.4 is 0 Å². The van der Waals surface area contributed by atoms with E-state index in [1.807, 2.05) is 24.3 Å². The standard InChI is InChI=1S/C11H6BrClO2/c12-9-3-1-7(2-4-9)11-8(6-14)5-10(13)15-11/h1-6H. The molecule has 0 aliphatic rings. The molecule has 15 heavy (non-hydrogen) atoms. The number of aldehydes is 1. The van der Waals surface area contributed by atoms with Crippen LogP contribution in [0.2, 0.25) is 5.22 Å². The molecule has 0 spiro atoms. The third-order valence-corrected chi connectivity index (χ3v) is 2.68. The van der Waals surface area contributed by atoms with Gasteiger partial charge in [0.2, 0.25) is 0 Å². The topological polar surface area (TPSA) is 30.2 Å². The molecule has 0 N–H and O–H groups in total. The van der Waals surface area contributed by atoms with E-state index in [1.165, 1.54) is 6.07 Å². The Morgan fingerprint density at radius 2 is 1.93 bits per heavy atom. The highest BCUT2D eigenvalue weighted by molar-refractivity contribution is 9.10. The fraction of sp³-hybridized carbons (Fsp3) is 0. The smallest absolute Gasteiger partial charge is 0.194 e. The molecule has 0 bridgehead atoms. The van der Waals surface area contributed by atoms with E-state index in [-0.39, 0.29) is 5.22 Å². The lowest BCUT2D eigenvalue weighted by atomic mass is 10.1. The Morgan fingerprint density at radius 1 is 1.27 bits per heavy atom. The summed E-state index contributed by atoms with van der Waals surface area (Å²) in [5.41, 5.74) is 1.29. The first-order valence-electron chi connectivity index (χ1n) is 4.21.